The maximum absolute atomic E-state index is 11.2. The normalized spacial score (nSPS) is 45.4. The summed E-state index contributed by atoms with van der Waals surface area (Å²) in [5.41, 5.74) is -1.30. The molecule has 0 spiro atoms. The maximum Gasteiger partial charge on any atom is 0.0882 e. The van der Waals surface area contributed by atoms with Gasteiger partial charge in [0, 0.05) is 6.54 Å². The van der Waals surface area contributed by atoms with Crippen molar-refractivity contribution in [2.24, 2.45) is 17.3 Å². The highest BCUT2D eigenvalue weighted by molar-refractivity contribution is 5.16. The molecule has 2 N–H and O–H groups in total. The molecule has 4 atom stereocenters. The molecule has 0 bridgehead atoms. The van der Waals surface area contributed by atoms with Gasteiger partial charge in [-0.2, -0.15) is 5.26 Å². The van der Waals surface area contributed by atoms with Gasteiger partial charge in [-0.05, 0) is 37.6 Å². The lowest BCUT2D eigenvalue weighted by molar-refractivity contribution is -0.132. The molecule has 1 saturated carbocycles. The fourth-order valence-corrected chi connectivity index (χ4v) is 4.05. The standard InChI is InChI=1S/C15H26N2O/c1-3-13-5-4-6-14(9-13,11-16)15(18)7-8-17-10-12(15)2/h12-13,17-18H,3-10H2,1-2H3. The zero-order valence-corrected chi connectivity index (χ0v) is 11.7. The number of aliphatic hydroxyl groups is 1. The van der Waals surface area contributed by atoms with Gasteiger partial charge in [-0.15, -0.1) is 0 Å². The molecule has 1 aliphatic carbocycles. The molecule has 1 heterocycles. The molecular weight excluding hydrogens is 224 g/mol. The van der Waals surface area contributed by atoms with Gasteiger partial charge in [0.2, 0.25) is 0 Å². The van der Waals surface area contributed by atoms with E-state index in [9.17, 15) is 10.4 Å². The van der Waals surface area contributed by atoms with Crippen molar-refractivity contribution in [2.75, 3.05) is 13.1 Å². The van der Waals surface area contributed by atoms with Gasteiger partial charge in [-0.3, -0.25) is 0 Å². The Morgan fingerprint density at radius 2 is 2.22 bits per heavy atom. The molecule has 1 saturated heterocycles. The van der Waals surface area contributed by atoms with E-state index < -0.39 is 11.0 Å². The fraction of sp³-hybridized carbons (Fsp3) is 0.933. The smallest absolute Gasteiger partial charge is 0.0882 e. The molecule has 0 aromatic heterocycles. The summed E-state index contributed by atoms with van der Waals surface area (Å²) in [4.78, 5) is 0. The summed E-state index contributed by atoms with van der Waals surface area (Å²) in [6.07, 6.45) is 5.93. The van der Waals surface area contributed by atoms with Gasteiger partial charge in [-0.1, -0.05) is 33.1 Å². The van der Waals surface area contributed by atoms with Crippen LogP contribution in [0.2, 0.25) is 0 Å². The first kappa shape index (κ1) is 13.8. The number of nitrogens with zero attached hydrogens (tertiary/aromatic N) is 1. The Morgan fingerprint density at radius 1 is 1.44 bits per heavy atom. The van der Waals surface area contributed by atoms with Crippen LogP contribution in [0.15, 0.2) is 0 Å². The highest BCUT2D eigenvalue weighted by Crippen LogP contribution is 2.52. The minimum atomic E-state index is -0.791. The van der Waals surface area contributed by atoms with Crippen molar-refractivity contribution >= 4 is 0 Å². The largest absolute Gasteiger partial charge is 0.388 e. The molecule has 0 aromatic rings. The zero-order chi connectivity index (χ0) is 13.2. The Bertz CT molecular complexity index is 338. The van der Waals surface area contributed by atoms with E-state index in [0.717, 1.165) is 45.2 Å². The first-order chi connectivity index (χ1) is 8.58. The molecule has 4 unspecified atom stereocenters. The van der Waals surface area contributed by atoms with Crippen molar-refractivity contribution in [2.45, 2.75) is 58.0 Å². The highest BCUT2D eigenvalue weighted by Gasteiger charge is 2.55. The summed E-state index contributed by atoms with van der Waals surface area (Å²) < 4.78 is 0. The lowest BCUT2D eigenvalue weighted by Crippen LogP contribution is -2.60. The molecule has 1 aliphatic heterocycles. The molecule has 3 nitrogen and oxygen atoms in total. The van der Waals surface area contributed by atoms with Crippen LogP contribution in [0.25, 0.3) is 0 Å². The van der Waals surface area contributed by atoms with Gasteiger partial charge in [-0.25, -0.2) is 0 Å². The van der Waals surface area contributed by atoms with E-state index in [2.05, 4.69) is 25.2 Å². The van der Waals surface area contributed by atoms with Crippen molar-refractivity contribution in [1.82, 2.24) is 5.32 Å². The van der Waals surface area contributed by atoms with Crippen molar-refractivity contribution in [1.29, 1.82) is 5.26 Å². The predicted octanol–water partition coefficient (Wildman–Crippen LogP) is 2.46. The lowest BCUT2D eigenvalue weighted by atomic mass is 9.56. The number of hydrogen-bond acceptors (Lipinski definition) is 3. The van der Waals surface area contributed by atoms with E-state index >= 15 is 0 Å². The predicted molar refractivity (Wildman–Crippen MR) is 71.9 cm³/mol. The third kappa shape index (κ3) is 2.06. The zero-order valence-electron chi connectivity index (χ0n) is 11.7. The fourth-order valence-electron chi connectivity index (χ4n) is 4.05. The Labute approximate surface area is 111 Å². The third-order valence-corrected chi connectivity index (χ3v) is 5.42. The summed E-state index contributed by atoms with van der Waals surface area (Å²) >= 11 is 0. The van der Waals surface area contributed by atoms with Crippen LogP contribution in [-0.2, 0) is 0 Å². The molecule has 102 valence electrons. The van der Waals surface area contributed by atoms with Crippen LogP contribution in [0.5, 0.6) is 0 Å². The SMILES string of the molecule is CCC1CCCC(C#N)(C2(O)CCNCC2C)C1. The monoisotopic (exact) mass is 250 g/mol. The minimum absolute atomic E-state index is 0.168. The van der Waals surface area contributed by atoms with E-state index in [1.165, 1.54) is 6.42 Å². The van der Waals surface area contributed by atoms with Gasteiger partial charge >= 0.3 is 0 Å². The Hall–Kier alpha value is -0.590. The quantitative estimate of drug-likeness (QED) is 0.791. The molecule has 2 aliphatic rings. The Morgan fingerprint density at radius 3 is 2.83 bits per heavy atom. The van der Waals surface area contributed by atoms with E-state index in [1.54, 1.807) is 0 Å². The van der Waals surface area contributed by atoms with Crippen LogP contribution in [0.4, 0.5) is 0 Å². The number of nitrogens with one attached hydrogen (secondary N) is 1. The van der Waals surface area contributed by atoms with E-state index in [-0.39, 0.29) is 5.92 Å². The van der Waals surface area contributed by atoms with Crippen molar-refractivity contribution < 1.29 is 5.11 Å². The average Bonchev–Trinajstić information content (AvgIpc) is 2.42. The maximum atomic E-state index is 11.2. The van der Waals surface area contributed by atoms with E-state index in [4.69, 9.17) is 0 Å². The van der Waals surface area contributed by atoms with Crippen LogP contribution in [0.3, 0.4) is 0 Å². The molecule has 0 aromatic carbocycles. The first-order valence-electron chi connectivity index (χ1n) is 7.42. The van der Waals surface area contributed by atoms with E-state index in [0.29, 0.717) is 5.92 Å². The Balaban J connectivity index is 2.28. The number of rotatable bonds is 2. The number of nitriles is 1. The second kappa shape index (κ2) is 5.19. The molecule has 0 amide bonds. The van der Waals surface area contributed by atoms with Crippen molar-refractivity contribution in [3.8, 4) is 6.07 Å². The minimum Gasteiger partial charge on any atom is -0.388 e. The number of hydrogen-bond donors (Lipinski definition) is 2. The van der Waals surface area contributed by atoms with Gasteiger partial charge in [0.1, 0.15) is 0 Å². The van der Waals surface area contributed by atoms with Crippen molar-refractivity contribution in [3.63, 3.8) is 0 Å². The lowest BCUT2D eigenvalue weighted by Gasteiger charge is -2.52. The summed E-state index contributed by atoms with van der Waals surface area (Å²) in [5.74, 6) is 0.783. The van der Waals surface area contributed by atoms with Crippen LogP contribution < -0.4 is 5.32 Å². The topological polar surface area (TPSA) is 56.0 Å². The van der Waals surface area contributed by atoms with Crippen LogP contribution in [-0.4, -0.2) is 23.8 Å². The second-order valence-electron chi connectivity index (χ2n) is 6.34. The third-order valence-electron chi connectivity index (χ3n) is 5.42. The molecule has 2 rings (SSSR count). The van der Waals surface area contributed by atoms with Gasteiger partial charge < -0.3 is 10.4 Å². The summed E-state index contributed by atoms with van der Waals surface area (Å²) in [5, 5.41) is 24.3. The summed E-state index contributed by atoms with van der Waals surface area (Å²) in [6, 6.07) is 2.54. The van der Waals surface area contributed by atoms with Crippen LogP contribution in [0.1, 0.15) is 52.4 Å². The van der Waals surface area contributed by atoms with Gasteiger partial charge in [0.05, 0.1) is 17.1 Å². The molecule has 3 heteroatoms. The molecule has 2 fully saturated rings. The Kier molecular flexibility index (Phi) is 3.99. The average molecular weight is 250 g/mol. The molecule has 18 heavy (non-hydrogen) atoms. The molecular formula is C15H26N2O. The van der Waals surface area contributed by atoms with Gasteiger partial charge in [0.15, 0.2) is 0 Å². The van der Waals surface area contributed by atoms with Crippen molar-refractivity contribution in [3.05, 3.63) is 0 Å². The number of piperidine rings is 1. The van der Waals surface area contributed by atoms with Crippen LogP contribution in [0, 0.1) is 28.6 Å². The van der Waals surface area contributed by atoms with Gasteiger partial charge in [0.25, 0.3) is 0 Å². The summed E-state index contributed by atoms with van der Waals surface area (Å²) in [6.45, 7) is 5.95. The first-order valence-corrected chi connectivity index (χ1v) is 7.42. The van der Waals surface area contributed by atoms with E-state index in [1.807, 2.05) is 0 Å². The van der Waals surface area contributed by atoms with Crippen LogP contribution >= 0.6 is 0 Å². The second-order valence-corrected chi connectivity index (χ2v) is 6.34. The summed E-state index contributed by atoms with van der Waals surface area (Å²) in [7, 11) is 0. The molecule has 0 radical (unpaired) electrons. The highest BCUT2D eigenvalue weighted by atomic mass is 16.3.